The van der Waals surface area contributed by atoms with Crippen LogP contribution in [-0.2, 0) is 0 Å². The fourth-order valence-corrected chi connectivity index (χ4v) is 3.29. The molecule has 4 rings (SSSR count). The zero-order valence-electron chi connectivity index (χ0n) is 14.6. The van der Waals surface area contributed by atoms with Crippen LogP contribution in [0.15, 0.2) is 58.0 Å². The highest BCUT2D eigenvalue weighted by Crippen LogP contribution is 2.22. The molecule has 27 heavy (non-hydrogen) atoms. The first-order valence-electron chi connectivity index (χ1n) is 8.96. The number of amides is 1. The lowest BCUT2D eigenvalue weighted by atomic mass is 9.93. The molecule has 0 radical (unpaired) electrons. The lowest BCUT2D eigenvalue weighted by molar-refractivity contribution is 0.0859. The molecule has 138 valence electrons. The summed E-state index contributed by atoms with van der Waals surface area (Å²) >= 11 is 0. The van der Waals surface area contributed by atoms with Gasteiger partial charge in [0.1, 0.15) is 11.7 Å². The predicted molar refractivity (Wildman–Crippen MR) is 98.7 cm³/mol. The van der Waals surface area contributed by atoms with Gasteiger partial charge < -0.3 is 14.5 Å². The van der Waals surface area contributed by atoms with E-state index in [0.29, 0.717) is 17.0 Å². The Bertz CT molecular complexity index is 995. The fourth-order valence-electron chi connectivity index (χ4n) is 3.29. The van der Waals surface area contributed by atoms with Gasteiger partial charge in [-0.2, -0.15) is 0 Å². The summed E-state index contributed by atoms with van der Waals surface area (Å²) in [5.41, 5.74) is 0.192. The molecule has 1 aliphatic rings. The molecule has 2 heterocycles. The second-order valence-electron chi connectivity index (χ2n) is 6.57. The number of ether oxygens (including phenoxy) is 1. The summed E-state index contributed by atoms with van der Waals surface area (Å²) in [6.45, 7) is 0. The first kappa shape index (κ1) is 17.2. The van der Waals surface area contributed by atoms with Crippen LogP contribution in [0.5, 0.6) is 6.01 Å². The van der Waals surface area contributed by atoms with Gasteiger partial charge in [-0.1, -0.05) is 12.1 Å². The summed E-state index contributed by atoms with van der Waals surface area (Å²) in [5.74, 6) is -0.330. The SMILES string of the molecule is O=C(NC1CCC(Oc2ncccn2)CC1)c1cc(=O)c2ccccc2o1. The second kappa shape index (κ2) is 7.57. The Hall–Kier alpha value is -3.22. The number of carbonyl (C=O) groups excluding carboxylic acids is 1. The van der Waals surface area contributed by atoms with Crippen molar-refractivity contribution in [1.82, 2.24) is 15.3 Å². The molecule has 2 aromatic heterocycles. The molecule has 7 nitrogen and oxygen atoms in total. The van der Waals surface area contributed by atoms with E-state index in [0.717, 1.165) is 25.7 Å². The standard InChI is InChI=1S/C20H19N3O4/c24-16-12-18(27-17-5-2-1-4-15(16)17)19(25)23-13-6-8-14(9-7-13)26-20-21-10-3-11-22-20/h1-5,10-14H,6-9H2,(H,23,25). The van der Waals surface area contributed by atoms with Crippen molar-refractivity contribution < 1.29 is 13.9 Å². The fraction of sp³-hybridized carbons (Fsp3) is 0.300. The summed E-state index contributed by atoms with van der Waals surface area (Å²) in [7, 11) is 0. The van der Waals surface area contributed by atoms with Crippen LogP contribution in [0.4, 0.5) is 0 Å². The topological polar surface area (TPSA) is 94.3 Å². The van der Waals surface area contributed by atoms with Crippen LogP contribution in [0.25, 0.3) is 11.0 Å². The van der Waals surface area contributed by atoms with Crippen molar-refractivity contribution in [3.05, 3.63) is 64.8 Å². The van der Waals surface area contributed by atoms with Crippen LogP contribution in [0.1, 0.15) is 36.2 Å². The molecule has 0 spiro atoms. The minimum atomic E-state index is -0.367. The molecular weight excluding hydrogens is 346 g/mol. The van der Waals surface area contributed by atoms with Crippen molar-refractivity contribution in [2.45, 2.75) is 37.8 Å². The highest BCUT2D eigenvalue weighted by atomic mass is 16.5. The quantitative estimate of drug-likeness (QED) is 0.764. The average Bonchev–Trinajstić information content (AvgIpc) is 2.70. The van der Waals surface area contributed by atoms with Gasteiger partial charge in [0.25, 0.3) is 5.91 Å². The molecule has 0 bridgehead atoms. The van der Waals surface area contributed by atoms with Gasteiger partial charge in [-0.3, -0.25) is 9.59 Å². The van der Waals surface area contributed by atoms with Crippen molar-refractivity contribution in [3.63, 3.8) is 0 Å². The maximum atomic E-state index is 12.5. The molecular formula is C20H19N3O4. The Morgan fingerprint density at radius 3 is 2.59 bits per heavy atom. The van der Waals surface area contributed by atoms with Crippen LogP contribution >= 0.6 is 0 Å². The molecule has 0 saturated heterocycles. The van der Waals surface area contributed by atoms with Gasteiger partial charge in [0, 0.05) is 24.5 Å². The average molecular weight is 365 g/mol. The van der Waals surface area contributed by atoms with Crippen molar-refractivity contribution in [3.8, 4) is 6.01 Å². The van der Waals surface area contributed by atoms with E-state index >= 15 is 0 Å². The zero-order chi connectivity index (χ0) is 18.6. The third-order valence-electron chi connectivity index (χ3n) is 4.68. The van der Waals surface area contributed by atoms with Gasteiger partial charge in [0.2, 0.25) is 0 Å². The predicted octanol–water partition coefficient (Wildman–Crippen LogP) is 2.70. The Balaban J connectivity index is 1.36. The van der Waals surface area contributed by atoms with Gasteiger partial charge in [0.05, 0.1) is 5.39 Å². The molecule has 0 aliphatic heterocycles. The first-order chi connectivity index (χ1) is 13.2. The Morgan fingerprint density at radius 1 is 1.07 bits per heavy atom. The molecule has 0 atom stereocenters. The van der Waals surface area contributed by atoms with Gasteiger partial charge in [-0.05, 0) is 43.9 Å². The minimum absolute atomic E-state index is 0.0193. The van der Waals surface area contributed by atoms with E-state index < -0.39 is 0 Å². The maximum absolute atomic E-state index is 12.5. The number of fused-ring (bicyclic) bond motifs is 1. The first-order valence-corrected chi connectivity index (χ1v) is 8.96. The monoisotopic (exact) mass is 365 g/mol. The van der Waals surface area contributed by atoms with Crippen molar-refractivity contribution in [2.75, 3.05) is 0 Å². The van der Waals surface area contributed by atoms with Crippen LogP contribution in [-0.4, -0.2) is 28.0 Å². The van der Waals surface area contributed by atoms with E-state index in [1.165, 1.54) is 6.07 Å². The Kier molecular flexibility index (Phi) is 4.82. The molecule has 3 aromatic rings. The number of hydrogen-bond donors (Lipinski definition) is 1. The number of aromatic nitrogens is 2. The Morgan fingerprint density at radius 2 is 1.81 bits per heavy atom. The molecule has 1 N–H and O–H groups in total. The minimum Gasteiger partial charge on any atom is -0.460 e. The lowest BCUT2D eigenvalue weighted by Crippen LogP contribution is -2.40. The van der Waals surface area contributed by atoms with Crippen LogP contribution in [0, 0.1) is 0 Å². The number of rotatable bonds is 4. The second-order valence-corrected chi connectivity index (χ2v) is 6.57. The van der Waals surface area contributed by atoms with Gasteiger partial charge >= 0.3 is 6.01 Å². The largest absolute Gasteiger partial charge is 0.460 e. The summed E-state index contributed by atoms with van der Waals surface area (Å²) in [5, 5.41) is 3.42. The van der Waals surface area contributed by atoms with Crippen molar-refractivity contribution in [2.24, 2.45) is 0 Å². The highest BCUT2D eigenvalue weighted by molar-refractivity contribution is 5.93. The van der Waals surface area contributed by atoms with Crippen molar-refractivity contribution in [1.29, 1.82) is 0 Å². The van der Waals surface area contributed by atoms with E-state index in [2.05, 4.69) is 15.3 Å². The molecule has 1 aliphatic carbocycles. The summed E-state index contributed by atoms with van der Waals surface area (Å²) in [4.78, 5) is 32.8. The number of nitrogens with one attached hydrogen (secondary N) is 1. The van der Waals surface area contributed by atoms with E-state index in [1.54, 1.807) is 42.7 Å². The number of para-hydroxylation sites is 1. The van der Waals surface area contributed by atoms with Crippen LogP contribution in [0.3, 0.4) is 0 Å². The molecule has 1 amide bonds. The van der Waals surface area contributed by atoms with E-state index in [4.69, 9.17) is 9.15 Å². The molecule has 1 fully saturated rings. The van der Waals surface area contributed by atoms with E-state index in [9.17, 15) is 9.59 Å². The molecule has 1 aromatic carbocycles. The normalized spacial score (nSPS) is 19.6. The van der Waals surface area contributed by atoms with Crippen LogP contribution < -0.4 is 15.5 Å². The zero-order valence-corrected chi connectivity index (χ0v) is 14.6. The molecule has 0 unspecified atom stereocenters. The number of benzene rings is 1. The van der Waals surface area contributed by atoms with Crippen LogP contribution in [0.2, 0.25) is 0 Å². The van der Waals surface area contributed by atoms with E-state index in [1.807, 2.05) is 0 Å². The summed E-state index contributed by atoms with van der Waals surface area (Å²) in [6, 6.07) is 10.3. The number of hydrogen-bond acceptors (Lipinski definition) is 6. The van der Waals surface area contributed by atoms with Gasteiger partial charge in [-0.15, -0.1) is 0 Å². The third-order valence-corrected chi connectivity index (χ3v) is 4.68. The number of nitrogens with zero attached hydrogens (tertiary/aromatic N) is 2. The highest BCUT2D eigenvalue weighted by Gasteiger charge is 2.25. The smallest absolute Gasteiger partial charge is 0.316 e. The third kappa shape index (κ3) is 3.97. The summed E-state index contributed by atoms with van der Waals surface area (Å²) in [6.07, 6.45) is 6.48. The maximum Gasteiger partial charge on any atom is 0.316 e. The van der Waals surface area contributed by atoms with Crippen molar-refractivity contribution >= 4 is 16.9 Å². The lowest BCUT2D eigenvalue weighted by Gasteiger charge is -2.28. The van der Waals surface area contributed by atoms with Gasteiger partial charge in [-0.25, -0.2) is 9.97 Å². The number of carbonyl (C=O) groups is 1. The van der Waals surface area contributed by atoms with Gasteiger partial charge in [0.15, 0.2) is 11.2 Å². The molecule has 7 heteroatoms. The molecule has 1 saturated carbocycles. The van der Waals surface area contributed by atoms with E-state index in [-0.39, 0.29) is 29.2 Å². The summed E-state index contributed by atoms with van der Waals surface area (Å²) < 4.78 is 11.4. The Labute approximate surface area is 155 Å².